The maximum atomic E-state index is 3.83. The molecular formula is C37H27NS. The molecular weight excluding hydrogens is 490 g/mol. The molecule has 3 atom stereocenters. The van der Waals surface area contributed by atoms with Crippen molar-refractivity contribution in [2.75, 3.05) is 0 Å². The van der Waals surface area contributed by atoms with Gasteiger partial charge in [0, 0.05) is 38.2 Å². The molecule has 0 amide bonds. The van der Waals surface area contributed by atoms with Crippen molar-refractivity contribution >= 4 is 42.7 Å². The first-order valence-corrected chi connectivity index (χ1v) is 14.5. The van der Waals surface area contributed by atoms with Gasteiger partial charge in [0.2, 0.25) is 0 Å². The number of fused-ring (bicyclic) bond motifs is 6. The Balaban J connectivity index is 1.16. The lowest BCUT2D eigenvalue weighted by molar-refractivity contribution is 0.483. The van der Waals surface area contributed by atoms with Crippen LogP contribution in [0.25, 0.3) is 42.4 Å². The van der Waals surface area contributed by atoms with Crippen LogP contribution in [0.4, 0.5) is 0 Å². The first-order valence-electron chi connectivity index (χ1n) is 13.6. The van der Waals surface area contributed by atoms with Crippen LogP contribution in [0.15, 0.2) is 145 Å². The third kappa shape index (κ3) is 3.96. The minimum absolute atomic E-state index is 0.240. The highest BCUT2D eigenvalue weighted by Crippen LogP contribution is 2.41. The number of rotatable bonds is 3. The molecule has 8 rings (SSSR count). The van der Waals surface area contributed by atoms with Gasteiger partial charge < -0.3 is 0 Å². The van der Waals surface area contributed by atoms with Crippen LogP contribution >= 0.6 is 11.3 Å². The second-order valence-corrected chi connectivity index (χ2v) is 11.6. The lowest BCUT2D eigenvalue weighted by Crippen LogP contribution is -2.44. The van der Waals surface area contributed by atoms with Gasteiger partial charge in [0.05, 0.1) is 0 Å². The van der Waals surface area contributed by atoms with E-state index >= 15 is 0 Å². The fourth-order valence-electron chi connectivity index (χ4n) is 6.24. The summed E-state index contributed by atoms with van der Waals surface area (Å²) in [5.41, 5.74) is 9.05. The fourth-order valence-corrected chi connectivity index (χ4v) is 7.48. The summed E-state index contributed by atoms with van der Waals surface area (Å²) in [5.74, 6) is 0.296. The van der Waals surface area contributed by atoms with Crippen LogP contribution in [0.1, 0.15) is 11.1 Å². The van der Waals surface area contributed by atoms with Gasteiger partial charge in [0.25, 0.3) is 0 Å². The average Bonchev–Trinajstić information content (AvgIpc) is 3.29. The summed E-state index contributed by atoms with van der Waals surface area (Å²) in [6.45, 7) is 0. The van der Waals surface area contributed by atoms with E-state index in [-0.39, 0.29) is 6.04 Å². The SMILES string of the molecule is C1=CC2C=C(C=C1c1ccc(-c3ccccc3)cc1)C1C=C(c3cccc4c3sc3ccccc34)C=CC1N2. The minimum Gasteiger partial charge on any atom is -0.300 e. The third-order valence-corrected chi connectivity index (χ3v) is 9.44. The number of allylic oxidation sites excluding steroid dienone is 5. The maximum Gasteiger partial charge on any atom is 0.0449 e. The monoisotopic (exact) mass is 517 g/mol. The van der Waals surface area contributed by atoms with E-state index in [0.717, 1.165) is 0 Å². The van der Waals surface area contributed by atoms with E-state index in [2.05, 4.69) is 145 Å². The van der Waals surface area contributed by atoms with Gasteiger partial charge in [-0.1, -0.05) is 134 Å². The molecule has 186 valence electrons. The highest BCUT2D eigenvalue weighted by atomic mass is 32.1. The Morgan fingerprint density at radius 1 is 0.590 bits per heavy atom. The van der Waals surface area contributed by atoms with Crippen molar-refractivity contribution < 1.29 is 0 Å². The molecule has 2 bridgehead atoms. The Hall–Kier alpha value is -4.24. The third-order valence-electron chi connectivity index (χ3n) is 8.22. The molecule has 4 aromatic carbocycles. The summed E-state index contributed by atoms with van der Waals surface area (Å²) in [5, 5.41) is 6.54. The molecule has 0 saturated carbocycles. The Morgan fingerprint density at radius 3 is 2.23 bits per heavy atom. The zero-order chi connectivity index (χ0) is 25.8. The summed E-state index contributed by atoms with van der Waals surface area (Å²) in [6.07, 6.45) is 16.6. The maximum absolute atomic E-state index is 3.83. The van der Waals surface area contributed by atoms with Crippen molar-refractivity contribution in [3.8, 4) is 11.1 Å². The summed E-state index contributed by atoms with van der Waals surface area (Å²) >= 11 is 1.90. The van der Waals surface area contributed by atoms with E-state index in [1.54, 1.807) is 0 Å². The lowest BCUT2D eigenvalue weighted by atomic mass is 9.80. The molecule has 1 aromatic heterocycles. The number of thiophene rings is 1. The molecule has 3 unspecified atom stereocenters. The van der Waals surface area contributed by atoms with E-state index < -0.39 is 0 Å². The van der Waals surface area contributed by atoms with Crippen LogP contribution < -0.4 is 5.32 Å². The normalized spacial score (nSPS) is 21.7. The van der Waals surface area contributed by atoms with Gasteiger partial charge in [0.1, 0.15) is 0 Å². The average molecular weight is 518 g/mol. The van der Waals surface area contributed by atoms with Crippen LogP contribution in [0.2, 0.25) is 0 Å². The largest absolute Gasteiger partial charge is 0.300 e. The van der Waals surface area contributed by atoms with E-state index in [1.807, 2.05) is 11.3 Å². The van der Waals surface area contributed by atoms with Gasteiger partial charge in [0.15, 0.2) is 0 Å². The molecule has 1 nitrogen and oxygen atoms in total. The van der Waals surface area contributed by atoms with Gasteiger partial charge in [-0.2, -0.15) is 0 Å². The summed E-state index contributed by atoms with van der Waals surface area (Å²) in [7, 11) is 0. The minimum atomic E-state index is 0.240. The molecule has 2 heterocycles. The first-order chi connectivity index (χ1) is 19.3. The quantitative estimate of drug-likeness (QED) is 0.251. The van der Waals surface area contributed by atoms with Crippen molar-refractivity contribution in [1.82, 2.24) is 5.32 Å². The second kappa shape index (κ2) is 9.20. The van der Waals surface area contributed by atoms with E-state index in [9.17, 15) is 0 Å². The molecule has 2 aliphatic carbocycles. The predicted octanol–water partition coefficient (Wildman–Crippen LogP) is 9.21. The van der Waals surface area contributed by atoms with Gasteiger partial charge >= 0.3 is 0 Å². The van der Waals surface area contributed by atoms with Crippen molar-refractivity contribution in [1.29, 1.82) is 0 Å². The fraction of sp³-hybridized carbons (Fsp3) is 0.0811. The molecule has 2 heteroatoms. The van der Waals surface area contributed by atoms with Crippen molar-refractivity contribution in [2.45, 2.75) is 12.1 Å². The van der Waals surface area contributed by atoms with E-state index in [0.29, 0.717) is 12.0 Å². The summed E-state index contributed by atoms with van der Waals surface area (Å²) in [4.78, 5) is 0. The van der Waals surface area contributed by atoms with Crippen LogP contribution in [-0.2, 0) is 0 Å². The van der Waals surface area contributed by atoms with Gasteiger partial charge in [-0.3, -0.25) is 5.32 Å². The highest BCUT2D eigenvalue weighted by Gasteiger charge is 2.31. The topological polar surface area (TPSA) is 12.0 Å². The lowest BCUT2D eigenvalue weighted by Gasteiger charge is -2.34. The molecule has 0 saturated heterocycles. The van der Waals surface area contributed by atoms with E-state index in [4.69, 9.17) is 0 Å². The van der Waals surface area contributed by atoms with Crippen LogP contribution in [-0.4, -0.2) is 12.1 Å². The zero-order valence-corrected chi connectivity index (χ0v) is 22.2. The molecule has 3 aliphatic rings. The molecule has 1 N–H and O–H groups in total. The van der Waals surface area contributed by atoms with Crippen LogP contribution in [0, 0.1) is 5.92 Å². The Morgan fingerprint density at radius 2 is 1.33 bits per heavy atom. The predicted molar refractivity (Wildman–Crippen MR) is 168 cm³/mol. The van der Waals surface area contributed by atoms with Gasteiger partial charge in [-0.05, 0) is 45.0 Å². The van der Waals surface area contributed by atoms with Gasteiger partial charge in [-0.25, -0.2) is 0 Å². The molecule has 1 aliphatic heterocycles. The van der Waals surface area contributed by atoms with Gasteiger partial charge in [-0.15, -0.1) is 11.3 Å². The van der Waals surface area contributed by atoms with Crippen molar-refractivity contribution in [3.63, 3.8) is 0 Å². The number of nitrogens with one attached hydrogen (secondary N) is 1. The van der Waals surface area contributed by atoms with Crippen molar-refractivity contribution in [2.24, 2.45) is 5.92 Å². The van der Waals surface area contributed by atoms with E-state index in [1.165, 1.54) is 59.1 Å². The van der Waals surface area contributed by atoms with Crippen LogP contribution in [0.3, 0.4) is 0 Å². The molecule has 39 heavy (non-hydrogen) atoms. The molecule has 0 radical (unpaired) electrons. The molecule has 5 aromatic rings. The smallest absolute Gasteiger partial charge is 0.0449 e. The van der Waals surface area contributed by atoms with Crippen molar-refractivity contribution in [3.05, 3.63) is 156 Å². The standard InChI is InChI=1S/C37H27NS/c1-2-7-24(8-3-1)25-13-15-26(16-14-25)27-17-19-30-22-29(21-27)34-23-28(18-20-35(34)38-30)31-10-6-11-33-32-9-4-5-12-36(32)39-37(31)33/h1-23,30,34-35,38H. The second-order valence-electron chi connectivity index (χ2n) is 10.6. The highest BCUT2D eigenvalue weighted by molar-refractivity contribution is 7.26. The Kier molecular flexibility index (Phi) is 5.36. The Labute approximate surface area is 232 Å². The molecule has 0 spiro atoms. The molecule has 0 fully saturated rings. The summed E-state index contributed by atoms with van der Waals surface area (Å²) < 4.78 is 2.73. The first kappa shape index (κ1) is 22.7. The Bertz CT molecular complexity index is 1880. The number of benzene rings is 4. The number of hydrogen-bond acceptors (Lipinski definition) is 2. The summed E-state index contributed by atoms with van der Waals surface area (Å²) in [6, 6.07) is 35.6. The zero-order valence-electron chi connectivity index (χ0n) is 21.4. The number of hydrogen-bond donors (Lipinski definition) is 1. The van der Waals surface area contributed by atoms with Crippen LogP contribution in [0.5, 0.6) is 0 Å².